The fraction of sp³-hybridized carbons (Fsp3) is 0.167. The summed E-state index contributed by atoms with van der Waals surface area (Å²) < 4.78 is 0. The van der Waals surface area contributed by atoms with Crippen molar-refractivity contribution in [3.05, 3.63) is 48.0 Å². The third-order valence-corrected chi connectivity index (χ3v) is 2.59. The van der Waals surface area contributed by atoms with Crippen LogP contribution in [-0.4, -0.2) is 5.33 Å². The molecule has 2 rings (SSSR count). The normalized spacial score (nSPS) is 10.5. The summed E-state index contributed by atoms with van der Waals surface area (Å²) in [7, 11) is 0. The molecule has 0 heterocycles. The van der Waals surface area contributed by atoms with E-state index in [1.54, 1.807) is 0 Å². The van der Waals surface area contributed by atoms with Gasteiger partial charge < -0.3 is 0 Å². The maximum atomic E-state index is 3.45. The zero-order valence-electron chi connectivity index (χ0n) is 7.33. The largest absolute Gasteiger partial charge is 0.0924 e. The van der Waals surface area contributed by atoms with E-state index in [-0.39, 0.29) is 0 Å². The zero-order valence-corrected chi connectivity index (χ0v) is 8.92. The Balaban J connectivity index is 2.49. The average Bonchev–Trinajstić information content (AvgIpc) is 2.18. The summed E-state index contributed by atoms with van der Waals surface area (Å²) in [5.41, 5.74) is 1.40. The molecule has 0 aliphatic carbocycles. The van der Waals surface area contributed by atoms with E-state index in [1.807, 2.05) is 0 Å². The summed E-state index contributed by atoms with van der Waals surface area (Å²) >= 11 is 3.45. The number of hydrogen-bond donors (Lipinski definition) is 0. The van der Waals surface area contributed by atoms with E-state index in [9.17, 15) is 0 Å². The molecule has 66 valence electrons. The van der Waals surface area contributed by atoms with Crippen molar-refractivity contribution in [3.8, 4) is 0 Å². The van der Waals surface area contributed by atoms with Gasteiger partial charge in [0, 0.05) is 5.33 Å². The van der Waals surface area contributed by atoms with Crippen molar-refractivity contribution >= 4 is 26.7 Å². The second-order valence-corrected chi connectivity index (χ2v) is 3.91. The quantitative estimate of drug-likeness (QED) is 0.702. The first kappa shape index (κ1) is 8.76. The summed E-state index contributed by atoms with van der Waals surface area (Å²) in [5.74, 6) is 0. The van der Waals surface area contributed by atoms with Crippen LogP contribution in [0.15, 0.2) is 42.5 Å². The van der Waals surface area contributed by atoms with Crippen LogP contribution in [0.1, 0.15) is 5.56 Å². The third-order valence-electron chi connectivity index (χ3n) is 2.20. The molecule has 0 N–H and O–H groups in total. The van der Waals surface area contributed by atoms with E-state index in [0.717, 1.165) is 11.8 Å². The number of halogens is 1. The van der Waals surface area contributed by atoms with Gasteiger partial charge in [0.2, 0.25) is 0 Å². The molecule has 0 bridgehead atoms. The molecular weight excluding hydrogens is 230 g/mol. The van der Waals surface area contributed by atoms with Crippen molar-refractivity contribution in [2.45, 2.75) is 6.42 Å². The molecule has 0 aromatic heterocycles. The van der Waals surface area contributed by atoms with Crippen LogP contribution < -0.4 is 0 Å². The molecule has 0 unspecified atom stereocenters. The smallest absolute Gasteiger partial charge is 0.00718 e. The molecule has 0 aliphatic rings. The number of alkyl halides is 1. The number of aryl methyl sites for hydroxylation is 1. The van der Waals surface area contributed by atoms with E-state index >= 15 is 0 Å². The second-order valence-electron chi connectivity index (χ2n) is 3.12. The number of rotatable bonds is 2. The minimum atomic E-state index is 1.03. The predicted molar refractivity (Wildman–Crippen MR) is 61.4 cm³/mol. The van der Waals surface area contributed by atoms with Crippen LogP contribution in [0.5, 0.6) is 0 Å². The maximum Gasteiger partial charge on any atom is 0.00718 e. The summed E-state index contributed by atoms with van der Waals surface area (Å²) in [5, 5.41) is 3.69. The highest BCUT2D eigenvalue weighted by molar-refractivity contribution is 9.09. The zero-order chi connectivity index (χ0) is 9.10. The molecule has 13 heavy (non-hydrogen) atoms. The first-order chi connectivity index (χ1) is 6.40. The van der Waals surface area contributed by atoms with Gasteiger partial charge in [-0.2, -0.15) is 0 Å². The van der Waals surface area contributed by atoms with Crippen molar-refractivity contribution in [1.82, 2.24) is 0 Å². The van der Waals surface area contributed by atoms with Crippen molar-refractivity contribution in [3.63, 3.8) is 0 Å². The molecule has 0 amide bonds. The monoisotopic (exact) mass is 240 g/mol. The molecule has 0 fully saturated rings. The van der Waals surface area contributed by atoms with Crippen molar-refractivity contribution in [2.75, 3.05) is 5.33 Å². The lowest BCUT2D eigenvalue weighted by molar-refractivity contribution is 1.18. The fourth-order valence-electron chi connectivity index (χ4n) is 1.50. The average molecular weight is 241 g/mol. The molecule has 0 spiro atoms. The minimum absolute atomic E-state index is 1.03. The van der Waals surface area contributed by atoms with E-state index < -0.39 is 0 Å². The lowest BCUT2D eigenvalue weighted by Gasteiger charge is -2.00. The van der Waals surface area contributed by atoms with Gasteiger partial charge in [0.15, 0.2) is 0 Å². The van der Waals surface area contributed by atoms with Crippen molar-refractivity contribution in [2.24, 2.45) is 0 Å². The Morgan fingerprint density at radius 1 is 0.923 bits per heavy atom. The summed E-state index contributed by atoms with van der Waals surface area (Å²) in [6.45, 7) is 0. The molecule has 1 heteroatoms. The number of hydrogen-bond acceptors (Lipinski definition) is 0. The van der Waals surface area contributed by atoms with Gasteiger partial charge in [-0.3, -0.25) is 0 Å². The van der Waals surface area contributed by atoms with Crippen LogP contribution in [0.25, 0.3) is 10.8 Å². The lowest BCUT2D eigenvalue weighted by atomic mass is 10.5. The molecule has 2 aromatic carbocycles. The molecule has 2 aromatic rings. The summed E-state index contributed by atoms with van der Waals surface area (Å²) in [4.78, 5) is 0. The Morgan fingerprint density at radius 3 is 2.46 bits per heavy atom. The molecule has 0 atom stereocenters. The highest BCUT2D eigenvalue weighted by Gasteiger charge is 1.94. The first-order valence-corrected chi connectivity index (χ1v) is 5.56. The fourth-order valence-corrected chi connectivity index (χ4v) is 1.96. The van der Waals surface area contributed by atoms with E-state index in [0.29, 0.717) is 0 Å². The van der Waals surface area contributed by atoms with Gasteiger partial charge in [-0.25, -0.2) is 0 Å². The van der Waals surface area contributed by atoms with Gasteiger partial charge in [-0.15, -0.1) is 0 Å². The lowest BCUT2D eigenvalue weighted by Crippen LogP contribution is -1.84. The Bertz CT molecular complexity index is 407. The number of benzene rings is 2. The van der Waals surface area contributed by atoms with Gasteiger partial charge in [-0.1, -0.05) is 58.4 Å². The van der Waals surface area contributed by atoms with Crippen LogP contribution in [0, 0.1) is 0 Å². The summed E-state index contributed by atoms with van der Waals surface area (Å²) in [6, 6.07) is 15.1. The minimum Gasteiger partial charge on any atom is -0.0924 e. The van der Waals surface area contributed by atoms with E-state index in [2.05, 4.69) is 58.4 Å². The van der Waals surface area contributed by atoms with Crippen LogP contribution in [0.4, 0.5) is 0 Å². The third kappa shape index (κ3) is 1.92. The van der Waals surface area contributed by atoms with E-state index in [1.165, 1.54) is 16.3 Å². The SMILES string of the molecule is BrCC[13c]1[13cH][13cH][13c]2cccc[13c]2[13cH]1. The Morgan fingerprint density at radius 2 is 1.69 bits per heavy atom. The van der Waals surface area contributed by atoms with Gasteiger partial charge in [0.25, 0.3) is 0 Å². The topological polar surface area (TPSA) is 0 Å². The second kappa shape index (κ2) is 3.93. The van der Waals surface area contributed by atoms with Crippen LogP contribution in [0.2, 0.25) is 0 Å². The standard InChI is InChI=1S/C12H11Br/c13-8-7-10-5-6-11-3-1-2-4-12(11)9-10/h1-6,9H,7-8H2/i5+1,6+1,9+1,10+1,11+1,12+1. The van der Waals surface area contributed by atoms with Gasteiger partial charge in [0.05, 0.1) is 0 Å². The summed E-state index contributed by atoms with van der Waals surface area (Å²) in [6.07, 6.45) is 1.10. The van der Waals surface area contributed by atoms with Crippen LogP contribution in [0.3, 0.4) is 0 Å². The predicted octanol–water partition coefficient (Wildman–Crippen LogP) is 3.78. The molecule has 0 radical (unpaired) electrons. The first-order valence-electron chi connectivity index (χ1n) is 4.44. The van der Waals surface area contributed by atoms with Gasteiger partial charge in [0.1, 0.15) is 0 Å². The van der Waals surface area contributed by atoms with Crippen LogP contribution in [-0.2, 0) is 6.42 Å². The molecular formula is C12H11Br. The van der Waals surface area contributed by atoms with Gasteiger partial charge >= 0.3 is 0 Å². The Hall–Kier alpha value is -0.820. The molecule has 0 saturated carbocycles. The molecule has 0 nitrogen and oxygen atoms in total. The van der Waals surface area contributed by atoms with Crippen molar-refractivity contribution < 1.29 is 0 Å². The highest BCUT2D eigenvalue weighted by atomic mass is 79.9. The van der Waals surface area contributed by atoms with Crippen molar-refractivity contribution in [1.29, 1.82) is 0 Å². The Labute approximate surface area is 86.7 Å². The maximum absolute atomic E-state index is 3.45. The Kier molecular flexibility index (Phi) is 2.65. The highest BCUT2D eigenvalue weighted by Crippen LogP contribution is 2.16. The molecule has 0 saturated heterocycles. The molecule has 0 aliphatic heterocycles. The number of fused-ring (bicyclic) bond motifs is 1. The van der Waals surface area contributed by atoms with Crippen LogP contribution >= 0.6 is 15.9 Å². The van der Waals surface area contributed by atoms with E-state index in [4.69, 9.17) is 0 Å². The van der Waals surface area contributed by atoms with Gasteiger partial charge in [-0.05, 0) is 22.8 Å².